The Hall–Kier alpha value is -1.56. The van der Waals surface area contributed by atoms with Gasteiger partial charge in [-0.15, -0.1) is 0 Å². The van der Waals surface area contributed by atoms with Crippen LogP contribution in [0.25, 0.3) is 0 Å². The van der Waals surface area contributed by atoms with Crippen LogP contribution >= 0.6 is 0 Å². The summed E-state index contributed by atoms with van der Waals surface area (Å²) in [6.07, 6.45) is 0. The van der Waals surface area contributed by atoms with Gasteiger partial charge in [0.1, 0.15) is 11.6 Å². The van der Waals surface area contributed by atoms with Gasteiger partial charge in [0.05, 0.1) is 18.6 Å². The molecular weight excluding hydrogens is 193 g/mol. The van der Waals surface area contributed by atoms with Crippen LogP contribution in [0.3, 0.4) is 0 Å². The molecule has 0 N–H and O–H groups in total. The standard InChI is InChI=1S/C12H14FNO/c1-8-5-9(13)11(10(6-8)15-4)12(2,3)7-14/h5-6H,1-4H3. The maximum atomic E-state index is 13.7. The molecule has 1 rings (SSSR count). The van der Waals surface area contributed by atoms with Crippen LogP contribution in [0.4, 0.5) is 4.39 Å². The molecule has 1 aromatic carbocycles. The molecule has 80 valence electrons. The number of hydrogen-bond donors (Lipinski definition) is 0. The third kappa shape index (κ3) is 2.10. The molecular formula is C12H14FNO. The number of rotatable bonds is 2. The van der Waals surface area contributed by atoms with Crippen molar-refractivity contribution in [3.8, 4) is 11.8 Å². The van der Waals surface area contributed by atoms with Gasteiger partial charge in [-0.3, -0.25) is 0 Å². The molecule has 0 aliphatic carbocycles. The van der Waals surface area contributed by atoms with E-state index in [1.165, 1.54) is 13.2 Å². The highest BCUT2D eigenvalue weighted by Gasteiger charge is 2.28. The van der Waals surface area contributed by atoms with Crippen molar-refractivity contribution in [2.45, 2.75) is 26.2 Å². The number of nitrogens with zero attached hydrogens (tertiary/aromatic N) is 1. The third-order valence-corrected chi connectivity index (χ3v) is 2.32. The van der Waals surface area contributed by atoms with Crippen molar-refractivity contribution in [1.82, 2.24) is 0 Å². The van der Waals surface area contributed by atoms with Crippen molar-refractivity contribution < 1.29 is 9.13 Å². The summed E-state index contributed by atoms with van der Waals surface area (Å²) in [5.74, 6) is 0.0393. The fourth-order valence-electron chi connectivity index (χ4n) is 1.53. The number of halogens is 1. The van der Waals surface area contributed by atoms with Crippen LogP contribution in [0.2, 0.25) is 0 Å². The molecule has 3 heteroatoms. The lowest BCUT2D eigenvalue weighted by Crippen LogP contribution is -2.17. The first-order chi connectivity index (χ1) is 6.92. The minimum atomic E-state index is -0.886. The van der Waals surface area contributed by atoms with Crippen LogP contribution in [0.15, 0.2) is 12.1 Å². The van der Waals surface area contributed by atoms with Gasteiger partial charge in [-0.25, -0.2) is 4.39 Å². The van der Waals surface area contributed by atoms with E-state index in [9.17, 15) is 4.39 Å². The Balaban J connectivity index is 3.48. The minimum Gasteiger partial charge on any atom is -0.496 e. The van der Waals surface area contributed by atoms with E-state index in [0.717, 1.165) is 5.56 Å². The third-order valence-electron chi connectivity index (χ3n) is 2.32. The molecule has 0 fully saturated rings. The van der Waals surface area contributed by atoms with Gasteiger partial charge in [-0.2, -0.15) is 5.26 Å². The van der Waals surface area contributed by atoms with Gasteiger partial charge in [0.2, 0.25) is 0 Å². The second kappa shape index (κ2) is 3.90. The molecule has 0 aliphatic heterocycles. The molecule has 0 heterocycles. The molecule has 0 amide bonds. The second-order valence-electron chi connectivity index (χ2n) is 4.06. The largest absolute Gasteiger partial charge is 0.496 e. The molecule has 2 nitrogen and oxygen atoms in total. The molecule has 0 unspecified atom stereocenters. The van der Waals surface area contributed by atoms with Crippen LogP contribution < -0.4 is 4.74 Å². The van der Waals surface area contributed by atoms with Gasteiger partial charge in [0.25, 0.3) is 0 Å². The van der Waals surface area contributed by atoms with Gasteiger partial charge >= 0.3 is 0 Å². The predicted octanol–water partition coefficient (Wildman–Crippen LogP) is 2.94. The fourth-order valence-corrected chi connectivity index (χ4v) is 1.53. The van der Waals surface area contributed by atoms with E-state index in [2.05, 4.69) is 6.07 Å². The molecule has 0 radical (unpaired) electrons. The average molecular weight is 207 g/mol. The van der Waals surface area contributed by atoms with Crippen LogP contribution in [-0.2, 0) is 5.41 Å². The Bertz CT molecular complexity index is 418. The van der Waals surface area contributed by atoms with Crippen LogP contribution in [0.5, 0.6) is 5.75 Å². The Morgan fingerprint density at radius 3 is 2.47 bits per heavy atom. The van der Waals surface area contributed by atoms with E-state index < -0.39 is 11.2 Å². The van der Waals surface area contributed by atoms with Gasteiger partial charge < -0.3 is 4.74 Å². The van der Waals surface area contributed by atoms with Gasteiger partial charge in [-0.05, 0) is 38.5 Å². The van der Waals surface area contributed by atoms with Gasteiger partial charge in [-0.1, -0.05) is 0 Å². The number of methoxy groups -OCH3 is 1. The molecule has 0 spiro atoms. The Labute approximate surface area is 89.3 Å². The first kappa shape index (κ1) is 11.5. The molecule has 1 aromatic rings. The number of ether oxygens (including phenoxy) is 1. The zero-order chi connectivity index (χ0) is 11.6. The quantitative estimate of drug-likeness (QED) is 0.747. The fraction of sp³-hybridized carbons (Fsp3) is 0.417. The van der Waals surface area contributed by atoms with Crippen LogP contribution in [0, 0.1) is 24.1 Å². The lowest BCUT2D eigenvalue weighted by atomic mass is 9.84. The maximum Gasteiger partial charge on any atom is 0.131 e. The van der Waals surface area contributed by atoms with E-state index >= 15 is 0 Å². The van der Waals surface area contributed by atoms with Gasteiger partial charge in [0.15, 0.2) is 0 Å². The van der Waals surface area contributed by atoms with Crippen molar-refractivity contribution in [2.75, 3.05) is 7.11 Å². The molecule has 0 atom stereocenters. The lowest BCUT2D eigenvalue weighted by Gasteiger charge is -2.20. The Morgan fingerprint density at radius 1 is 1.40 bits per heavy atom. The van der Waals surface area contributed by atoms with Crippen molar-refractivity contribution in [3.63, 3.8) is 0 Å². The molecule has 15 heavy (non-hydrogen) atoms. The molecule has 0 aromatic heterocycles. The Kier molecular flexibility index (Phi) is 2.99. The Morgan fingerprint density at radius 2 is 2.00 bits per heavy atom. The zero-order valence-electron chi connectivity index (χ0n) is 9.39. The van der Waals surface area contributed by atoms with Crippen LogP contribution in [-0.4, -0.2) is 7.11 Å². The van der Waals surface area contributed by atoms with Gasteiger partial charge in [0, 0.05) is 5.56 Å². The number of aryl methyl sites for hydroxylation is 1. The van der Waals surface area contributed by atoms with E-state index in [-0.39, 0.29) is 0 Å². The first-order valence-corrected chi connectivity index (χ1v) is 4.68. The summed E-state index contributed by atoms with van der Waals surface area (Å²) in [4.78, 5) is 0. The minimum absolute atomic E-state index is 0.318. The van der Waals surface area contributed by atoms with E-state index in [1.54, 1.807) is 26.8 Å². The summed E-state index contributed by atoms with van der Waals surface area (Å²) in [5.41, 5.74) is 0.211. The van der Waals surface area contributed by atoms with Crippen molar-refractivity contribution in [2.24, 2.45) is 0 Å². The molecule has 0 bridgehead atoms. The molecule has 0 saturated carbocycles. The average Bonchev–Trinajstić information content (AvgIpc) is 2.15. The predicted molar refractivity (Wildman–Crippen MR) is 56.3 cm³/mol. The topological polar surface area (TPSA) is 33.0 Å². The molecule has 0 aliphatic rings. The van der Waals surface area contributed by atoms with E-state index in [1.807, 2.05) is 0 Å². The molecule has 0 saturated heterocycles. The van der Waals surface area contributed by atoms with E-state index in [4.69, 9.17) is 10.00 Å². The van der Waals surface area contributed by atoms with Crippen molar-refractivity contribution in [3.05, 3.63) is 29.1 Å². The summed E-state index contributed by atoms with van der Waals surface area (Å²) >= 11 is 0. The normalized spacial score (nSPS) is 10.9. The monoisotopic (exact) mass is 207 g/mol. The van der Waals surface area contributed by atoms with E-state index in [0.29, 0.717) is 11.3 Å². The summed E-state index contributed by atoms with van der Waals surface area (Å²) in [5, 5.41) is 8.99. The SMILES string of the molecule is COc1cc(C)cc(F)c1C(C)(C)C#N. The smallest absolute Gasteiger partial charge is 0.131 e. The second-order valence-corrected chi connectivity index (χ2v) is 4.06. The van der Waals surface area contributed by atoms with Crippen molar-refractivity contribution in [1.29, 1.82) is 5.26 Å². The van der Waals surface area contributed by atoms with Crippen LogP contribution in [0.1, 0.15) is 25.0 Å². The summed E-state index contributed by atoms with van der Waals surface area (Å²) < 4.78 is 18.9. The highest BCUT2D eigenvalue weighted by atomic mass is 19.1. The summed E-state index contributed by atoms with van der Waals surface area (Å²) in [6, 6.07) is 5.22. The zero-order valence-corrected chi connectivity index (χ0v) is 9.39. The highest BCUT2D eigenvalue weighted by molar-refractivity contribution is 5.45. The summed E-state index contributed by atoms with van der Waals surface area (Å²) in [7, 11) is 1.48. The first-order valence-electron chi connectivity index (χ1n) is 4.68. The summed E-state index contributed by atoms with van der Waals surface area (Å²) in [6.45, 7) is 5.13. The number of hydrogen-bond acceptors (Lipinski definition) is 2. The number of benzene rings is 1. The lowest BCUT2D eigenvalue weighted by molar-refractivity contribution is 0.394. The van der Waals surface area contributed by atoms with Crippen molar-refractivity contribution >= 4 is 0 Å². The number of nitriles is 1. The maximum absolute atomic E-state index is 13.7. The highest BCUT2D eigenvalue weighted by Crippen LogP contribution is 2.34.